The predicted molar refractivity (Wildman–Crippen MR) is 44.7 cm³/mol. The highest BCUT2D eigenvalue weighted by Crippen LogP contribution is 2.15. The smallest absolute Gasteiger partial charge is 0.480 e. The Balaban J connectivity index is 0. The fourth-order valence-corrected chi connectivity index (χ4v) is 0.794. The number of hydrogen-bond donors (Lipinski definition) is 3. The van der Waals surface area contributed by atoms with Gasteiger partial charge in [0.2, 0.25) is 0 Å². The molecule has 0 aromatic heterocycles. The Morgan fingerprint density at radius 3 is 2.58 bits per heavy atom. The zero-order valence-corrected chi connectivity index (χ0v) is 7.79. The van der Waals surface area contributed by atoms with Crippen molar-refractivity contribution in [3.05, 3.63) is 0 Å². The van der Waals surface area contributed by atoms with Gasteiger partial charge in [-0.15, -0.1) is 4.52 Å². The van der Waals surface area contributed by atoms with E-state index in [9.17, 15) is 9.36 Å². The second-order valence-corrected chi connectivity index (χ2v) is 3.14. The Bertz CT molecular complexity index is 164. The van der Waals surface area contributed by atoms with Crippen LogP contribution in [0.1, 0.15) is 6.42 Å². The van der Waals surface area contributed by atoms with Gasteiger partial charge in [0.1, 0.15) is 12.6 Å². The van der Waals surface area contributed by atoms with Crippen LogP contribution in [0.5, 0.6) is 0 Å². The molecule has 0 rings (SSSR count). The molecule has 0 aliphatic rings. The molecule has 0 amide bonds. The fourth-order valence-electron chi connectivity index (χ4n) is 0.432. The molecule has 1 unspecified atom stereocenters. The van der Waals surface area contributed by atoms with E-state index in [0.29, 0.717) is 0 Å². The maximum atomic E-state index is 10.3. The molecule has 12 heavy (non-hydrogen) atoms. The van der Waals surface area contributed by atoms with Gasteiger partial charge in [0.15, 0.2) is 6.66 Å². The van der Waals surface area contributed by atoms with Gasteiger partial charge in [-0.3, -0.25) is 4.79 Å². The lowest BCUT2D eigenvalue weighted by Gasteiger charge is -2.00. The summed E-state index contributed by atoms with van der Waals surface area (Å²) in [5, 5.41) is 8.29. The van der Waals surface area contributed by atoms with Gasteiger partial charge in [0.05, 0.1) is 0 Å². The summed E-state index contributed by atoms with van der Waals surface area (Å²) in [7, 11) is -1.65. The molecule has 0 spiro atoms. The molecule has 0 radical (unpaired) electrons. The molecule has 7 heteroatoms. The number of rotatable bonds is 5. The maximum absolute atomic E-state index is 10.3. The standard InChI is InChI=1S/C5H10NO4P.H3N/c1-11(9)10-3-2-4(6)5(7)8;/h4H,2-3,6H2,1H3;1H3/p+1/t4-;/m0./s1. The quantitative estimate of drug-likeness (QED) is 0.545. The summed E-state index contributed by atoms with van der Waals surface area (Å²) in [5.74, 6) is -1.07. The molecular formula is C5H14N2O4P+. The van der Waals surface area contributed by atoms with Crippen LogP contribution >= 0.6 is 8.03 Å². The van der Waals surface area contributed by atoms with Crippen molar-refractivity contribution < 1.29 is 19.0 Å². The minimum absolute atomic E-state index is 0. The lowest BCUT2D eigenvalue weighted by molar-refractivity contribution is -0.138. The van der Waals surface area contributed by atoms with Crippen molar-refractivity contribution >= 4 is 14.0 Å². The monoisotopic (exact) mass is 197 g/mol. The zero-order valence-electron chi connectivity index (χ0n) is 6.90. The van der Waals surface area contributed by atoms with Gasteiger partial charge >= 0.3 is 14.0 Å². The summed E-state index contributed by atoms with van der Waals surface area (Å²) in [6.07, 6.45) is 0.185. The number of aliphatic carboxylic acids is 1. The third-order valence-electron chi connectivity index (χ3n) is 1.02. The molecule has 0 bridgehead atoms. The molecule has 0 aliphatic heterocycles. The molecule has 0 aromatic rings. The number of nitrogens with two attached hydrogens (primary N) is 1. The third kappa shape index (κ3) is 7.56. The van der Waals surface area contributed by atoms with Crippen molar-refractivity contribution in [1.29, 1.82) is 0 Å². The van der Waals surface area contributed by atoms with Crippen LogP contribution in [0.3, 0.4) is 0 Å². The molecule has 6 N–H and O–H groups in total. The Kier molecular flexibility index (Phi) is 8.31. The van der Waals surface area contributed by atoms with E-state index in [1.165, 1.54) is 6.66 Å². The SMILES string of the molecule is C[P+](=O)OCC[C@H](N)C(=O)O.N. The van der Waals surface area contributed by atoms with E-state index in [1.54, 1.807) is 0 Å². The van der Waals surface area contributed by atoms with Gasteiger partial charge in [0.25, 0.3) is 0 Å². The average Bonchev–Trinajstić information content (AvgIpc) is 1.86. The van der Waals surface area contributed by atoms with Gasteiger partial charge in [-0.1, -0.05) is 0 Å². The number of carbonyl (C=O) groups is 1. The van der Waals surface area contributed by atoms with E-state index in [0.717, 1.165) is 0 Å². The van der Waals surface area contributed by atoms with Crippen LogP contribution in [0.25, 0.3) is 0 Å². The molecule has 0 saturated carbocycles. The molecule has 0 aromatic carbocycles. The first kappa shape index (κ1) is 14.0. The van der Waals surface area contributed by atoms with Crippen molar-refractivity contribution in [2.75, 3.05) is 13.3 Å². The summed E-state index contributed by atoms with van der Waals surface area (Å²) in [6, 6.07) is -0.926. The van der Waals surface area contributed by atoms with E-state index >= 15 is 0 Å². The minimum Gasteiger partial charge on any atom is -0.480 e. The van der Waals surface area contributed by atoms with Gasteiger partial charge in [-0.05, 0) is 4.57 Å². The number of hydrogen-bond acceptors (Lipinski definition) is 5. The van der Waals surface area contributed by atoms with Crippen molar-refractivity contribution in [3.8, 4) is 0 Å². The van der Waals surface area contributed by atoms with Crippen LogP contribution < -0.4 is 11.9 Å². The second kappa shape index (κ2) is 7.12. The highest BCUT2D eigenvalue weighted by Gasteiger charge is 2.14. The Hall–Kier alpha value is -0.550. The summed E-state index contributed by atoms with van der Waals surface area (Å²) in [6.45, 7) is 1.53. The summed E-state index contributed by atoms with van der Waals surface area (Å²) in [4.78, 5) is 10.1. The van der Waals surface area contributed by atoms with Gasteiger partial charge in [-0.25, -0.2) is 0 Å². The van der Waals surface area contributed by atoms with E-state index in [2.05, 4.69) is 4.52 Å². The molecule has 0 fully saturated rings. The normalized spacial score (nSPS) is 13.0. The van der Waals surface area contributed by atoms with Crippen LogP contribution in [0, 0.1) is 0 Å². The van der Waals surface area contributed by atoms with Crippen LogP contribution in [0.4, 0.5) is 0 Å². The summed E-state index contributed by atoms with van der Waals surface area (Å²) >= 11 is 0. The number of carboxylic acids is 1. The molecule has 0 saturated heterocycles. The van der Waals surface area contributed by atoms with Crippen LogP contribution in [-0.4, -0.2) is 30.4 Å². The largest absolute Gasteiger partial charge is 0.504 e. The van der Waals surface area contributed by atoms with E-state index in [-0.39, 0.29) is 19.2 Å². The van der Waals surface area contributed by atoms with Crippen molar-refractivity contribution in [2.24, 2.45) is 5.73 Å². The molecule has 2 atom stereocenters. The Labute approximate surface area is 71.5 Å². The van der Waals surface area contributed by atoms with Crippen LogP contribution in [-0.2, 0) is 13.9 Å². The zero-order chi connectivity index (χ0) is 8.85. The fraction of sp³-hybridized carbons (Fsp3) is 0.800. The van der Waals surface area contributed by atoms with Crippen molar-refractivity contribution in [3.63, 3.8) is 0 Å². The topological polar surface area (TPSA) is 125 Å². The molecule has 0 heterocycles. The average molecular weight is 197 g/mol. The first-order valence-corrected chi connectivity index (χ1v) is 4.68. The summed E-state index contributed by atoms with van der Waals surface area (Å²) in [5.41, 5.74) is 5.13. The second-order valence-electron chi connectivity index (χ2n) is 2.01. The molecular weight excluding hydrogens is 183 g/mol. The third-order valence-corrected chi connectivity index (χ3v) is 1.57. The first-order valence-electron chi connectivity index (χ1n) is 3.06. The molecule has 72 valence electrons. The van der Waals surface area contributed by atoms with Crippen LogP contribution in [0.15, 0.2) is 0 Å². The van der Waals surface area contributed by atoms with Crippen LogP contribution in [0.2, 0.25) is 0 Å². The first-order chi connectivity index (χ1) is 5.04. The lowest BCUT2D eigenvalue weighted by Crippen LogP contribution is -2.30. The highest BCUT2D eigenvalue weighted by molar-refractivity contribution is 7.38. The molecule has 0 aliphatic carbocycles. The van der Waals surface area contributed by atoms with E-state index in [1.807, 2.05) is 0 Å². The summed E-state index contributed by atoms with van der Waals surface area (Å²) < 4.78 is 15.0. The lowest BCUT2D eigenvalue weighted by atomic mass is 10.2. The number of carboxylic acid groups (broad SMARTS) is 1. The van der Waals surface area contributed by atoms with E-state index < -0.39 is 20.0 Å². The maximum Gasteiger partial charge on any atom is 0.504 e. The molecule has 6 nitrogen and oxygen atoms in total. The van der Waals surface area contributed by atoms with Crippen molar-refractivity contribution in [2.45, 2.75) is 12.5 Å². The van der Waals surface area contributed by atoms with E-state index in [4.69, 9.17) is 10.8 Å². The van der Waals surface area contributed by atoms with Gasteiger partial charge in [0, 0.05) is 6.42 Å². The Morgan fingerprint density at radius 1 is 1.75 bits per heavy atom. The predicted octanol–water partition coefficient (Wildman–Crippen LogP) is 0.339. The highest BCUT2D eigenvalue weighted by atomic mass is 31.1. The minimum atomic E-state index is -1.65. The van der Waals surface area contributed by atoms with Gasteiger partial charge < -0.3 is 17.0 Å². The van der Waals surface area contributed by atoms with Gasteiger partial charge in [-0.2, -0.15) is 0 Å². The van der Waals surface area contributed by atoms with Crippen molar-refractivity contribution in [1.82, 2.24) is 6.15 Å². The Morgan fingerprint density at radius 2 is 2.25 bits per heavy atom.